The van der Waals surface area contributed by atoms with Gasteiger partial charge in [0.15, 0.2) is 6.29 Å². The summed E-state index contributed by atoms with van der Waals surface area (Å²) in [7, 11) is 0. The number of rotatable bonds is 5. The molecule has 0 aliphatic carbocycles. The van der Waals surface area contributed by atoms with Crippen LogP contribution in [0.5, 0.6) is 0 Å². The predicted octanol–water partition coefficient (Wildman–Crippen LogP) is 3.22. The van der Waals surface area contributed by atoms with Gasteiger partial charge < -0.3 is 14.3 Å². The molecule has 0 radical (unpaired) electrons. The Kier molecular flexibility index (Phi) is 4.27. The maximum atomic E-state index is 5.70. The van der Waals surface area contributed by atoms with E-state index in [4.69, 9.17) is 14.3 Å². The molecule has 0 spiro atoms. The summed E-state index contributed by atoms with van der Waals surface area (Å²) in [5.74, 6) is 0. The van der Waals surface area contributed by atoms with Crippen LogP contribution < -0.4 is 4.84 Å². The lowest BCUT2D eigenvalue weighted by atomic mass is 10.0. The number of ether oxygens (including phenoxy) is 2. The molecule has 1 aliphatic rings. The average molecular weight is 322 g/mol. The maximum absolute atomic E-state index is 5.70. The Hall–Kier alpha value is -2.63. The molecule has 122 valence electrons. The van der Waals surface area contributed by atoms with E-state index in [1.165, 1.54) is 4.85 Å². The molecule has 3 aromatic rings. The fourth-order valence-corrected chi connectivity index (χ4v) is 2.73. The van der Waals surface area contributed by atoms with Crippen molar-refractivity contribution in [2.75, 3.05) is 13.2 Å². The van der Waals surface area contributed by atoms with Crippen molar-refractivity contribution >= 4 is 0 Å². The second-order valence-corrected chi connectivity index (χ2v) is 5.55. The molecule has 1 aromatic heterocycles. The second kappa shape index (κ2) is 6.86. The van der Waals surface area contributed by atoms with Crippen LogP contribution in [-0.2, 0) is 16.1 Å². The summed E-state index contributed by atoms with van der Waals surface area (Å²) < 4.78 is 11.3. The van der Waals surface area contributed by atoms with Crippen LogP contribution in [0.1, 0.15) is 17.4 Å². The van der Waals surface area contributed by atoms with Gasteiger partial charge in [-0.3, -0.25) is 0 Å². The van der Waals surface area contributed by atoms with Gasteiger partial charge in [0.25, 0.3) is 0 Å². The molecule has 1 fully saturated rings. The molecular formula is C19H18N2O3. The van der Waals surface area contributed by atoms with Gasteiger partial charge in [-0.15, -0.1) is 9.94 Å². The number of benzene rings is 2. The third-order valence-corrected chi connectivity index (χ3v) is 3.91. The zero-order chi connectivity index (χ0) is 16.2. The normalized spacial score (nSPS) is 14.8. The van der Waals surface area contributed by atoms with E-state index in [2.05, 4.69) is 5.10 Å². The van der Waals surface area contributed by atoms with Crippen LogP contribution in [0.2, 0.25) is 0 Å². The summed E-state index contributed by atoms with van der Waals surface area (Å²) in [6.45, 7) is 1.72. The van der Waals surface area contributed by atoms with E-state index in [0.29, 0.717) is 19.8 Å². The minimum Gasteiger partial charge on any atom is -0.392 e. The third kappa shape index (κ3) is 3.18. The minimum absolute atomic E-state index is 0.310. The van der Waals surface area contributed by atoms with Gasteiger partial charge in [0.2, 0.25) is 0 Å². The first-order valence-corrected chi connectivity index (χ1v) is 7.94. The molecule has 1 aliphatic heterocycles. The van der Waals surface area contributed by atoms with Gasteiger partial charge in [-0.25, -0.2) is 0 Å². The Morgan fingerprint density at radius 2 is 1.75 bits per heavy atom. The third-order valence-electron chi connectivity index (χ3n) is 3.91. The Labute approximate surface area is 140 Å². The van der Waals surface area contributed by atoms with Crippen LogP contribution in [0.3, 0.4) is 0 Å². The Bertz CT molecular complexity index is 795. The van der Waals surface area contributed by atoms with E-state index in [0.717, 1.165) is 22.3 Å². The summed E-state index contributed by atoms with van der Waals surface area (Å²) in [6, 6.07) is 18.1. The summed E-state index contributed by atoms with van der Waals surface area (Å²) in [5, 5.41) is 4.29. The molecule has 1 saturated heterocycles. The monoisotopic (exact) mass is 322 g/mol. The van der Waals surface area contributed by atoms with Crippen molar-refractivity contribution in [3.05, 3.63) is 78.1 Å². The van der Waals surface area contributed by atoms with E-state index in [9.17, 15) is 0 Å². The number of hydrogen-bond acceptors (Lipinski definition) is 4. The fourth-order valence-electron chi connectivity index (χ4n) is 2.73. The van der Waals surface area contributed by atoms with Crippen LogP contribution in [-0.4, -0.2) is 23.2 Å². The molecule has 0 bridgehead atoms. The van der Waals surface area contributed by atoms with E-state index in [1.54, 1.807) is 6.20 Å². The Morgan fingerprint density at radius 1 is 1.00 bits per heavy atom. The van der Waals surface area contributed by atoms with Gasteiger partial charge in [-0.05, 0) is 11.1 Å². The highest BCUT2D eigenvalue weighted by molar-refractivity contribution is 5.66. The van der Waals surface area contributed by atoms with Gasteiger partial charge in [0.1, 0.15) is 6.61 Å². The first-order valence-electron chi connectivity index (χ1n) is 7.94. The largest absolute Gasteiger partial charge is 0.392 e. The fraction of sp³-hybridized carbons (Fsp3) is 0.211. The summed E-state index contributed by atoms with van der Waals surface area (Å²) in [6.07, 6.45) is 3.35. The summed E-state index contributed by atoms with van der Waals surface area (Å²) in [5.41, 5.74) is 4.12. The maximum Gasteiger partial charge on any atom is 0.184 e. The molecule has 0 amide bonds. The average Bonchev–Trinajstić information content (AvgIpc) is 3.33. The van der Waals surface area contributed by atoms with Gasteiger partial charge in [0, 0.05) is 11.1 Å². The first kappa shape index (κ1) is 14.9. The van der Waals surface area contributed by atoms with Gasteiger partial charge >= 0.3 is 0 Å². The van der Waals surface area contributed by atoms with Crippen LogP contribution in [0, 0.1) is 0 Å². The SMILES string of the molecule is c1ccc(COn2cc(-c3ccccc3C3OCCO3)cn2)cc1. The van der Waals surface area contributed by atoms with Crippen LogP contribution in [0.25, 0.3) is 11.1 Å². The highest BCUT2D eigenvalue weighted by atomic mass is 16.7. The smallest absolute Gasteiger partial charge is 0.184 e. The van der Waals surface area contributed by atoms with Crippen molar-refractivity contribution in [3.63, 3.8) is 0 Å². The summed E-state index contributed by atoms with van der Waals surface area (Å²) in [4.78, 5) is 7.20. The molecule has 24 heavy (non-hydrogen) atoms. The van der Waals surface area contributed by atoms with Gasteiger partial charge in [0.05, 0.1) is 25.6 Å². The van der Waals surface area contributed by atoms with E-state index in [-0.39, 0.29) is 6.29 Å². The van der Waals surface area contributed by atoms with Crippen molar-refractivity contribution in [3.8, 4) is 11.1 Å². The lowest BCUT2D eigenvalue weighted by Gasteiger charge is -2.13. The molecule has 0 unspecified atom stereocenters. The minimum atomic E-state index is -0.310. The molecular weight excluding hydrogens is 304 g/mol. The van der Waals surface area contributed by atoms with Crippen LogP contribution in [0.15, 0.2) is 67.0 Å². The zero-order valence-corrected chi connectivity index (χ0v) is 13.2. The van der Waals surface area contributed by atoms with E-state index < -0.39 is 0 Å². The summed E-state index contributed by atoms with van der Waals surface area (Å²) >= 11 is 0. The Morgan fingerprint density at radius 3 is 2.58 bits per heavy atom. The number of nitrogens with zero attached hydrogens (tertiary/aromatic N) is 2. The first-order chi connectivity index (χ1) is 11.9. The molecule has 2 heterocycles. The quantitative estimate of drug-likeness (QED) is 0.723. The number of hydrogen-bond donors (Lipinski definition) is 0. The number of aromatic nitrogens is 2. The molecule has 2 aromatic carbocycles. The standard InChI is InChI=1S/C19H18N2O3/c1-2-6-15(7-3-1)14-24-21-13-16(12-20-21)17-8-4-5-9-18(17)19-22-10-11-23-19/h1-9,12-13,19H,10-11,14H2. The molecule has 0 saturated carbocycles. The van der Waals surface area contributed by atoms with Crippen LogP contribution in [0.4, 0.5) is 0 Å². The van der Waals surface area contributed by atoms with Crippen molar-refractivity contribution in [2.45, 2.75) is 12.9 Å². The highest BCUT2D eigenvalue weighted by Crippen LogP contribution is 2.32. The van der Waals surface area contributed by atoms with Crippen molar-refractivity contribution < 1.29 is 14.3 Å². The van der Waals surface area contributed by atoms with Gasteiger partial charge in [-0.2, -0.15) is 0 Å². The lowest BCUT2D eigenvalue weighted by Crippen LogP contribution is -2.11. The van der Waals surface area contributed by atoms with Crippen molar-refractivity contribution in [1.29, 1.82) is 0 Å². The molecule has 0 N–H and O–H groups in total. The van der Waals surface area contributed by atoms with Crippen molar-refractivity contribution in [1.82, 2.24) is 9.94 Å². The van der Waals surface area contributed by atoms with Gasteiger partial charge in [-0.1, -0.05) is 54.6 Å². The lowest BCUT2D eigenvalue weighted by molar-refractivity contribution is -0.0436. The molecule has 0 atom stereocenters. The Balaban J connectivity index is 1.52. The topological polar surface area (TPSA) is 45.5 Å². The molecule has 5 nitrogen and oxygen atoms in total. The molecule has 4 rings (SSSR count). The highest BCUT2D eigenvalue weighted by Gasteiger charge is 2.22. The van der Waals surface area contributed by atoms with Crippen LogP contribution >= 0.6 is 0 Å². The zero-order valence-electron chi connectivity index (χ0n) is 13.2. The van der Waals surface area contributed by atoms with E-state index in [1.807, 2.05) is 60.8 Å². The van der Waals surface area contributed by atoms with Crippen molar-refractivity contribution in [2.24, 2.45) is 0 Å². The second-order valence-electron chi connectivity index (χ2n) is 5.55. The predicted molar refractivity (Wildman–Crippen MR) is 89.0 cm³/mol. The molecule has 5 heteroatoms. The van der Waals surface area contributed by atoms with E-state index >= 15 is 0 Å².